The summed E-state index contributed by atoms with van der Waals surface area (Å²) in [5.41, 5.74) is 4.57. The molecule has 0 aromatic heterocycles. The molecular weight excluding hydrogens is 420 g/mol. The predicted octanol–water partition coefficient (Wildman–Crippen LogP) is 4.45. The number of amides is 2. The standard InChI is InChI=1S/C26H32N2O5/c1-3-5-14-23(25(30)31)28-24(29)15-17(4-2)27-26(32)33-16-22-20-12-8-6-10-18(20)19-11-7-9-13-21(19)22/h6-13,17,22-23H,3-5,14-16H2,1-2H3,(H,27,32)(H,28,29)(H,30,31)/t17?,23-/m0/s1. The van der Waals surface area contributed by atoms with E-state index in [2.05, 4.69) is 34.9 Å². The van der Waals surface area contributed by atoms with Crippen molar-refractivity contribution >= 4 is 18.0 Å². The summed E-state index contributed by atoms with van der Waals surface area (Å²) in [6, 6.07) is 14.9. The van der Waals surface area contributed by atoms with Gasteiger partial charge in [-0.2, -0.15) is 0 Å². The zero-order valence-electron chi connectivity index (χ0n) is 19.2. The number of carbonyl (C=O) groups excluding carboxylic acids is 2. The lowest BCUT2D eigenvalue weighted by molar-refractivity contribution is -0.142. The third-order valence-corrected chi connectivity index (χ3v) is 6.07. The van der Waals surface area contributed by atoms with Gasteiger partial charge >= 0.3 is 12.1 Å². The van der Waals surface area contributed by atoms with Crippen molar-refractivity contribution in [3.8, 4) is 11.1 Å². The van der Waals surface area contributed by atoms with E-state index in [0.29, 0.717) is 19.3 Å². The average Bonchev–Trinajstić information content (AvgIpc) is 3.13. The van der Waals surface area contributed by atoms with Crippen LogP contribution >= 0.6 is 0 Å². The summed E-state index contributed by atoms with van der Waals surface area (Å²) in [5, 5.41) is 14.6. The van der Waals surface area contributed by atoms with Crippen LogP contribution < -0.4 is 10.6 Å². The largest absolute Gasteiger partial charge is 0.480 e. The fourth-order valence-corrected chi connectivity index (χ4v) is 4.25. The van der Waals surface area contributed by atoms with Gasteiger partial charge in [0.05, 0.1) is 0 Å². The first kappa shape index (κ1) is 24.3. The van der Waals surface area contributed by atoms with E-state index < -0.39 is 30.1 Å². The van der Waals surface area contributed by atoms with Crippen molar-refractivity contribution < 1.29 is 24.2 Å². The predicted molar refractivity (Wildman–Crippen MR) is 126 cm³/mol. The molecule has 2 amide bonds. The minimum Gasteiger partial charge on any atom is -0.480 e. The number of unbranched alkanes of at least 4 members (excludes halogenated alkanes) is 1. The summed E-state index contributed by atoms with van der Waals surface area (Å²) in [6.45, 7) is 4.01. The molecule has 0 radical (unpaired) electrons. The Morgan fingerprint density at radius 1 is 0.970 bits per heavy atom. The Kier molecular flexibility index (Phi) is 8.46. The lowest BCUT2D eigenvalue weighted by atomic mass is 9.98. The molecule has 0 aliphatic heterocycles. The number of alkyl carbamates (subject to hydrolysis) is 1. The van der Waals surface area contributed by atoms with Crippen LogP contribution in [0.1, 0.15) is 63.0 Å². The van der Waals surface area contributed by atoms with Crippen LogP contribution in [0.2, 0.25) is 0 Å². The number of carboxylic acids is 1. The van der Waals surface area contributed by atoms with Crippen molar-refractivity contribution in [2.24, 2.45) is 0 Å². The Morgan fingerprint density at radius 2 is 1.58 bits per heavy atom. The second-order valence-corrected chi connectivity index (χ2v) is 8.38. The zero-order valence-corrected chi connectivity index (χ0v) is 19.2. The summed E-state index contributed by atoms with van der Waals surface area (Å²) >= 11 is 0. The first-order chi connectivity index (χ1) is 15.9. The molecule has 0 saturated heterocycles. The van der Waals surface area contributed by atoms with E-state index in [9.17, 15) is 19.5 Å². The van der Waals surface area contributed by atoms with E-state index >= 15 is 0 Å². The lowest BCUT2D eigenvalue weighted by Gasteiger charge is -2.20. The normalized spacial score (nSPS) is 14.0. The number of rotatable bonds is 11. The third-order valence-electron chi connectivity index (χ3n) is 6.07. The molecule has 1 aliphatic rings. The highest BCUT2D eigenvalue weighted by atomic mass is 16.5. The molecule has 0 spiro atoms. The van der Waals surface area contributed by atoms with Gasteiger partial charge in [0.1, 0.15) is 12.6 Å². The van der Waals surface area contributed by atoms with Crippen molar-refractivity contribution in [2.75, 3.05) is 6.61 Å². The van der Waals surface area contributed by atoms with E-state index in [-0.39, 0.29) is 18.9 Å². The Morgan fingerprint density at radius 3 is 2.12 bits per heavy atom. The molecule has 2 aromatic rings. The summed E-state index contributed by atoms with van der Waals surface area (Å²) < 4.78 is 5.55. The van der Waals surface area contributed by atoms with E-state index in [1.807, 2.05) is 38.1 Å². The Balaban J connectivity index is 1.54. The molecular formula is C26H32N2O5. The second kappa shape index (κ2) is 11.5. The fraction of sp³-hybridized carbons (Fsp3) is 0.423. The summed E-state index contributed by atoms with van der Waals surface area (Å²) in [7, 11) is 0. The molecule has 2 atom stereocenters. The molecule has 3 N–H and O–H groups in total. The first-order valence-corrected chi connectivity index (χ1v) is 11.6. The van der Waals surface area contributed by atoms with E-state index in [4.69, 9.17) is 4.74 Å². The van der Waals surface area contributed by atoms with Crippen molar-refractivity contribution in [1.82, 2.24) is 10.6 Å². The van der Waals surface area contributed by atoms with Gasteiger partial charge in [-0.15, -0.1) is 0 Å². The maximum Gasteiger partial charge on any atom is 0.407 e. The molecule has 7 nitrogen and oxygen atoms in total. The summed E-state index contributed by atoms with van der Waals surface area (Å²) in [5.74, 6) is -1.49. The van der Waals surface area contributed by atoms with Crippen LogP contribution in [-0.4, -0.2) is 41.8 Å². The molecule has 1 aliphatic carbocycles. The zero-order chi connectivity index (χ0) is 23.8. The number of carboxylic acid groups (broad SMARTS) is 1. The summed E-state index contributed by atoms with van der Waals surface area (Å²) in [4.78, 5) is 36.2. The third kappa shape index (κ3) is 6.12. The highest BCUT2D eigenvalue weighted by Gasteiger charge is 2.29. The highest BCUT2D eigenvalue weighted by molar-refractivity contribution is 5.84. The SMILES string of the molecule is CCCC[C@H](NC(=O)CC(CC)NC(=O)OCC1c2ccccc2-c2ccccc21)C(=O)O. The first-order valence-electron chi connectivity index (χ1n) is 11.6. The van der Waals surface area contributed by atoms with Crippen LogP contribution in [0.4, 0.5) is 4.79 Å². The Hall–Kier alpha value is -3.35. The van der Waals surface area contributed by atoms with E-state index in [1.54, 1.807) is 0 Å². The second-order valence-electron chi connectivity index (χ2n) is 8.38. The summed E-state index contributed by atoms with van der Waals surface area (Å²) in [6.07, 6.45) is 1.87. The molecule has 0 saturated carbocycles. The maximum absolute atomic E-state index is 12.5. The van der Waals surface area contributed by atoms with Gasteiger partial charge in [0, 0.05) is 18.4 Å². The van der Waals surface area contributed by atoms with Gasteiger partial charge in [-0.1, -0.05) is 75.2 Å². The molecule has 33 heavy (non-hydrogen) atoms. The van der Waals surface area contributed by atoms with Crippen LogP contribution in [0.25, 0.3) is 11.1 Å². The number of hydrogen-bond donors (Lipinski definition) is 3. The van der Waals surface area contributed by atoms with Gasteiger partial charge in [-0.05, 0) is 35.1 Å². The Bertz CT molecular complexity index is 945. The van der Waals surface area contributed by atoms with Gasteiger partial charge < -0.3 is 20.5 Å². The van der Waals surface area contributed by atoms with Gasteiger partial charge in [0.25, 0.3) is 0 Å². The maximum atomic E-state index is 12.5. The molecule has 176 valence electrons. The van der Waals surface area contributed by atoms with E-state index in [0.717, 1.165) is 28.7 Å². The van der Waals surface area contributed by atoms with Gasteiger partial charge in [-0.25, -0.2) is 9.59 Å². The quantitative estimate of drug-likeness (QED) is 0.467. The van der Waals surface area contributed by atoms with Crippen molar-refractivity contribution in [1.29, 1.82) is 0 Å². The van der Waals surface area contributed by atoms with Crippen molar-refractivity contribution in [2.45, 2.75) is 64.0 Å². The van der Waals surface area contributed by atoms with Gasteiger partial charge in [0.2, 0.25) is 5.91 Å². The number of carbonyl (C=O) groups is 3. The monoisotopic (exact) mass is 452 g/mol. The number of nitrogens with one attached hydrogen (secondary N) is 2. The molecule has 0 heterocycles. The molecule has 2 aromatic carbocycles. The minimum absolute atomic E-state index is 0.00337. The molecule has 1 unspecified atom stereocenters. The van der Waals surface area contributed by atoms with Crippen molar-refractivity contribution in [3.05, 3.63) is 59.7 Å². The fourth-order valence-electron chi connectivity index (χ4n) is 4.25. The number of ether oxygens (including phenoxy) is 1. The Labute approximate surface area is 194 Å². The topological polar surface area (TPSA) is 105 Å². The van der Waals surface area contributed by atoms with Crippen LogP contribution in [0.5, 0.6) is 0 Å². The number of fused-ring (bicyclic) bond motifs is 3. The average molecular weight is 453 g/mol. The molecule has 0 fully saturated rings. The number of aliphatic carboxylic acids is 1. The molecule has 3 rings (SSSR count). The van der Waals surface area contributed by atoms with Crippen LogP contribution in [-0.2, 0) is 14.3 Å². The minimum atomic E-state index is -1.05. The molecule has 0 bridgehead atoms. The van der Waals surface area contributed by atoms with Crippen LogP contribution in [0.3, 0.4) is 0 Å². The number of benzene rings is 2. The van der Waals surface area contributed by atoms with Crippen LogP contribution in [0.15, 0.2) is 48.5 Å². The highest BCUT2D eigenvalue weighted by Crippen LogP contribution is 2.44. The smallest absolute Gasteiger partial charge is 0.407 e. The lowest BCUT2D eigenvalue weighted by Crippen LogP contribution is -2.44. The number of hydrogen-bond acceptors (Lipinski definition) is 4. The van der Waals surface area contributed by atoms with Gasteiger partial charge in [-0.3, -0.25) is 4.79 Å². The van der Waals surface area contributed by atoms with Crippen LogP contribution in [0, 0.1) is 0 Å². The van der Waals surface area contributed by atoms with E-state index in [1.165, 1.54) is 0 Å². The van der Waals surface area contributed by atoms with Crippen molar-refractivity contribution in [3.63, 3.8) is 0 Å². The molecule has 7 heteroatoms. The van der Waals surface area contributed by atoms with Gasteiger partial charge in [0.15, 0.2) is 0 Å².